The molecule has 0 bridgehead atoms. The molecule has 0 N–H and O–H groups in total. The van der Waals surface area contributed by atoms with E-state index in [1.807, 2.05) is 54.6 Å². The first-order valence-electron chi connectivity index (χ1n) is 11.9. The quantitative estimate of drug-likeness (QED) is 0.270. The monoisotopic (exact) mass is 520 g/mol. The third-order valence-electron chi connectivity index (χ3n) is 6.43. The Morgan fingerprint density at radius 1 is 1.08 bits per heavy atom. The van der Waals surface area contributed by atoms with E-state index in [9.17, 15) is 4.79 Å². The van der Waals surface area contributed by atoms with Crippen LogP contribution in [0.4, 0.5) is 0 Å². The van der Waals surface area contributed by atoms with Gasteiger partial charge >= 0.3 is 0 Å². The topological polar surface area (TPSA) is 52.9 Å². The summed E-state index contributed by atoms with van der Waals surface area (Å²) in [4.78, 5) is 15.4. The summed E-state index contributed by atoms with van der Waals surface area (Å²) in [7, 11) is 1.64. The molecule has 2 saturated heterocycles. The minimum absolute atomic E-state index is 0.0367. The van der Waals surface area contributed by atoms with Crippen molar-refractivity contribution >= 4 is 40.3 Å². The van der Waals surface area contributed by atoms with Crippen LogP contribution in [0.5, 0.6) is 17.2 Å². The minimum Gasteiger partial charge on any atom is -0.497 e. The van der Waals surface area contributed by atoms with Crippen molar-refractivity contribution in [3.63, 3.8) is 0 Å². The number of thiocarbonyl (C=S) groups is 1. The Bertz CT molecular complexity index is 1310. The van der Waals surface area contributed by atoms with Gasteiger partial charge in [-0.05, 0) is 92.9 Å². The summed E-state index contributed by atoms with van der Waals surface area (Å²) in [5.74, 6) is 2.25. The Morgan fingerprint density at radius 3 is 2.39 bits per heavy atom. The molecule has 0 aliphatic carbocycles. The molecule has 2 aromatic carbocycles. The maximum Gasteiger partial charge on any atom is 0.266 e. The second-order valence-electron chi connectivity index (χ2n) is 8.86. The van der Waals surface area contributed by atoms with Crippen LogP contribution in [-0.4, -0.2) is 46.1 Å². The SMILES string of the molecule is COc1ccc(Oc2ccc(-n3c(C)cc(/C=C4\SC(=S)N(C[C@H]5CCCO5)C4=O)c3C)cc2)cc1. The molecule has 0 saturated carbocycles. The number of aryl methyl sites for hydroxylation is 1. The highest BCUT2D eigenvalue weighted by Crippen LogP contribution is 2.35. The molecule has 0 spiro atoms. The number of carbonyl (C=O) groups is 1. The first-order valence-corrected chi connectivity index (χ1v) is 13.1. The average molecular weight is 521 g/mol. The summed E-state index contributed by atoms with van der Waals surface area (Å²) in [6.45, 7) is 5.42. The number of hydrogen-bond donors (Lipinski definition) is 0. The largest absolute Gasteiger partial charge is 0.497 e. The lowest BCUT2D eigenvalue weighted by Gasteiger charge is -2.18. The van der Waals surface area contributed by atoms with Crippen molar-refractivity contribution in [1.29, 1.82) is 0 Å². The molecular formula is C28H28N2O4S2. The molecule has 1 aromatic heterocycles. The van der Waals surface area contributed by atoms with Crippen LogP contribution < -0.4 is 9.47 Å². The standard InChI is InChI=1S/C28H28N2O4S2/c1-18-15-20(16-26-27(31)29(28(35)36-26)17-25-5-4-14-33-25)19(2)30(18)21-6-8-23(9-7-21)34-24-12-10-22(32-3)11-13-24/h6-13,15-16,25H,4-5,14,17H2,1-3H3/b26-16-/t25-/m1/s1. The predicted octanol–water partition coefficient (Wildman–Crippen LogP) is 6.28. The van der Waals surface area contributed by atoms with Gasteiger partial charge in [0.15, 0.2) is 0 Å². The molecule has 1 atom stereocenters. The van der Waals surface area contributed by atoms with Gasteiger partial charge in [-0.2, -0.15) is 0 Å². The number of hydrogen-bond acceptors (Lipinski definition) is 6. The summed E-state index contributed by atoms with van der Waals surface area (Å²) in [6, 6.07) is 17.6. The van der Waals surface area contributed by atoms with Crippen molar-refractivity contribution in [3.05, 3.63) is 76.5 Å². The van der Waals surface area contributed by atoms with Gasteiger partial charge in [-0.3, -0.25) is 9.69 Å². The lowest BCUT2D eigenvalue weighted by molar-refractivity contribution is -0.123. The molecule has 186 valence electrons. The summed E-state index contributed by atoms with van der Waals surface area (Å²) in [6.07, 6.45) is 4.04. The van der Waals surface area contributed by atoms with Crippen molar-refractivity contribution in [3.8, 4) is 22.9 Å². The second kappa shape index (κ2) is 10.5. The Balaban J connectivity index is 1.33. The molecule has 3 heterocycles. The molecule has 0 radical (unpaired) electrons. The van der Waals surface area contributed by atoms with E-state index in [4.69, 9.17) is 26.4 Å². The fourth-order valence-corrected chi connectivity index (χ4v) is 5.83. The molecular weight excluding hydrogens is 492 g/mol. The van der Waals surface area contributed by atoms with Gasteiger partial charge in [-0.25, -0.2) is 0 Å². The molecule has 1 amide bonds. The van der Waals surface area contributed by atoms with Gasteiger partial charge in [-0.1, -0.05) is 24.0 Å². The first kappa shape index (κ1) is 24.6. The van der Waals surface area contributed by atoms with Crippen LogP contribution in [0.25, 0.3) is 11.8 Å². The van der Waals surface area contributed by atoms with Crippen LogP contribution in [0.2, 0.25) is 0 Å². The summed E-state index contributed by atoms with van der Waals surface area (Å²) >= 11 is 6.87. The Kier molecular flexibility index (Phi) is 7.18. The number of amides is 1. The van der Waals surface area contributed by atoms with Crippen molar-refractivity contribution in [2.75, 3.05) is 20.3 Å². The van der Waals surface area contributed by atoms with Gasteiger partial charge in [0.05, 0.1) is 24.7 Å². The van der Waals surface area contributed by atoms with E-state index in [1.54, 1.807) is 12.0 Å². The fourth-order valence-electron chi connectivity index (χ4n) is 4.56. The lowest BCUT2D eigenvalue weighted by Crippen LogP contribution is -2.35. The van der Waals surface area contributed by atoms with Crippen LogP contribution in [-0.2, 0) is 9.53 Å². The number of aromatic nitrogens is 1. The van der Waals surface area contributed by atoms with E-state index in [1.165, 1.54) is 11.8 Å². The van der Waals surface area contributed by atoms with Crippen LogP contribution in [0.3, 0.4) is 0 Å². The van der Waals surface area contributed by atoms with Gasteiger partial charge in [0.1, 0.15) is 21.6 Å². The molecule has 8 heteroatoms. The van der Waals surface area contributed by atoms with E-state index in [0.717, 1.165) is 59.3 Å². The number of methoxy groups -OCH3 is 1. The maximum atomic E-state index is 13.1. The summed E-state index contributed by atoms with van der Waals surface area (Å²) in [5.41, 5.74) is 4.17. The highest BCUT2D eigenvalue weighted by Gasteiger charge is 2.34. The van der Waals surface area contributed by atoms with Gasteiger partial charge < -0.3 is 18.8 Å². The van der Waals surface area contributed by atoms with Crippen molar-refractivity contribution in [1.82, 2.24) is 9.47 Å². The molecule has 0 unspecified atom stereocenters. The fraction of sp³-hybridized carbons (Fsp3) is 0.286. The zero-order valence-electron chi connectivity index (χ0n) is 20.5. The lowest BCUT2D eigenvalue weighted by atomic mass is 10.2. The zero-order chi connectivity index (χ0) is 25.2. The highest BCUT2D eigenvalue weighted by atomic mass is 32.2. The van der Waals surface area contributed by atoms with Crippen LogP contribution in [0.1, 0.15) is 29.8 Å². The number of nitrogens with zero attached hydrogens (tertiary/aromatic N) is 2. The highest BCUT2D eigenvalue weighted by molar-refractivity contribution is 8.26. The van der Waals surface area contributed by atoms with E-state index in [0.29, 0.717) is 15.8 Å². The molecule has 5 rings (SSSR count). The predicted molar refractivity (Wildman–Crippen MR) is 147 cm³/mol. The number of carbonyl (C=O) groups excluding carboxylic acids is 1. The van der Waals surface area contributed by atoms with E-state index in [2.05, 4.69) is 24.5 Å². The van der Waals surface area contributed by atoms with Gasteiger partial charge in [0, 0.05) is 23.7 Å². The van der Waals surface area contributed by atoms with Crippen LogP contribution in [0, 0.1) is 13.8 Å². The second-order valence-corrected chi connectivity index (χ2v) is 10.5. The number of rotatable bonds is 7. The minimum atomic E-state index is -0.0367. The molecule has 2 aliphatic heterocycles. The zero-order valence-corrected chi connectivity index (χ0v) is 22.2. The van der Waals surface area contributed by atoms with E-state index < -0.39 is 0 Å². The van der Waals surface area contributed by atoms with E-state index >= 15 is 0 Å². The van der Waals surface area contributed by atoms with Crippen LogP contribution in [0.15, 0.2) is 59.5 Å². The number of benzene rings is 2. The molecule has 3 aromatic rings. The molecule has 36 heavy (non-hydrogen) atoms. The average Bonchev–Trinajstić information content (AvgIpc) is 3.56. The van der Waals surface area contributed by atoms with Crippen molar-refractivity contribution < 1.29 is 19.0 Å². The smallest absolute Gasteiger partial charge is 0.266 e. The van der Waals surface area contributed by atoms with E-state index in [-0.39, 0.29) is 12.0 Å². The van der Waals surface area contributed by atoms with Gasteiger partial charge in [0.2, 0.25) is 0 Å². The number of ether oxygens (including phenoxy) is 3. The van der Waals surface area contributed by atoms with Gasteiger partial charge in [-0.15, -0.1) is 0 Å². The van der Waals surface area contributed by atoms with Gasteiger partial charge in [0.25, 0.3) is 5.91 Å². The van der Waals surface area contributed by atoms with Crippen molar-refractivity contribution in [2.45, 2.75) is 32.8 Å². The van der Waals surface area contributed by atoms with Crippen molar-refractivity contribution in [2.24, 2.45) is 0 Å². The Hall–Kier alpha value is -3.07. The molecule has 2 fully saturated rings. The Labute approximate surface area is 220 Å². The normalized spacial score (nSPS) is 18.9. The Morgan fingerprint density at radius 2 is 1.75 bits per heavy atom. The van der Waals surface area contributed by atoms with Crippen LogP contribution >= 0.6 is 24.0 Å². The third kappa shape index (κ3) is 5.07. The third-order valence-corrected chi connectivity index (χ3v) is 7.81. The first-order chi connectivity index (χ1) is 17.4. The summed E-state index contributed by atoms with van der Waals surface area (Å²) in [5, 5.41) is 0. The summed E-state index contributed by atoms with van der Waals surface area (Å²) < 4.78 is 19.6. The molecule has 2 aliphatic rings. The molecule has 6 nitrogen and oxygen atoms in total. The maximum absolute atomic E-state index is 13.1. The number of thioether (sulfide) groups is 1.